The third-order valence-electron chi connectivity index (χ3n) is 5.54. The van der Waals surface area contributed by atoms with E-state index in [0.717, 1.165) is 0 Å². The van der Waals surface area contributed by atoms with E-state index in [0.29, 0.717) is 8.86 Å². The zero-order chi connectivity index (χ0) is 21.6. The van der Waals surface area contributed by atoms with Crippen LogP contribution < -0.4 is 0 Å². The highest BCUT2D eigenvalue weighted by Gasteiger charge is 2.52. The first-order valence-corrected chi connectivity index (χ1v) is 12.4. The van der Waals surface area contributed by atoms with Gasteiger partial charge in [0.2, 0.25) is 0 Å². The van der Waals surface area contributed by atoms with Crippen molar-refractivity contribution in [2.45, 2.75) is 55.3 Å². The number of alkyl halides is 2. The Morgan fingerprint density at radius 1 is 0.655 bits per heavy atom. The van der Waals surface area contributed by atoms with E-state index in [1.165, 1.54) is 0 Å². The summed E-state index contributed by atoms with van der Waals surface area (Å²) in [7, 11) is 7.98. The molecule has 0 aromatic rings. The van der Waals surface area contributed by atoms with Gasteiger partial charge in [-0.15, -0.1) is 0 Å². The van der Waals surface area contributed by atoms with Crippen LogP contribution in [0.2, 0.25) is 0 Å². The SMILES string of the molecule is CO[C@@H]1[C@@H](OC)[C@@H](O[C@H]2O[C@H](CI)[C@@H](CO)[C@H](OC)[C@H]2OC)O[C@H](CI)[C@H]1OC. The van der Waals surface area contributed by atoms with Gasteiger partial charge in [0, 0.05) is 50.3 Å². The smallest absolute Gasteiger partial charge is 0.190 e. The predicted molar refractivity (Wildman–Crippen MR) is 121 cm³/mol. The van der Waals surface area contributed by atoms with E-state index in [1.807, 2.05) is 0 Å². The molecule has 0 aliphatic carbocycles. The van der Waals surface area contributed by atoms with Gasteiger partial charge < -0.3 is 43.0 Å². The molecule has 2 aliphatic rings. The van der Waals surface area contributed by atoms with Crippen molar-refractivity contribution in [1.82, 2.24) is 0 Å². The van der Waals surface area contributed by atoms with E-state index in [4.69, 9.17) is 37.9 Å². The summed E-state index contributed by atoms with van der Waals surface area (Å²) in [4.78, 5) is 0. The van der Waals surface area contributed by atoms with Gasteiger partial charge in [-0.25, -0.2) is 0 Å². The van der Waals surface area contributed by atoms with Crippen LogP contribution >= 0.6 is 45.2 Å². The van der Waals surface area contributed by atoms with Gasteiger partial charge in [0.05, 0.1) is 24.9 Å². The van der Waals surface area contributed by atoms with Gasteiger partial charge in [-0.3, -0.25) is 0 Å². The fourth-order valence-electron chi connectivity index (χ4n) is 4.04. The first-order valence-electron chi connectivity index (χ1n) is 9.38. The molecule has 0 amide bonds. The zero-order valence-electron chi connectivity index (χ0n) is 17.4. The minimum atomic E-state index is -0.762. The number of hydrogen-bond donors (Lipinski definition) is 1. The lowest BCUT2D eigenvalue weighted by Crippen LogP contribution is -2.64. The van der Waals surface area contributed by atoms with Crippen LogP contribution in [0.1, 0.15) is 0 Å². The van der Waals surface area contributed by atoms with Gasteiger partial charge in [0.1, 0.15) is 24.4 Å². The van der Waals surface area contributed by atoms with Gasteiger partial charge in [-0.05, 0) is 0 Å². The van der Waals surface area contributed by atoms with Crippen molar-refractivity contribution in [1.29, 1.82) is 0 Å². The third-order valence-corrected chi connectivity index (χ3v) is 7.27. The zero-order valence-corrected chi connectivity index (χ0v) is 21.7. The van der Waals surface area contributed by atoms with Crippen molar-refractivity contribution >= 4 is 45.2 Å². The van der Waals surface area contributed by atoms with Crippen LogP contribution in [-0.2, 0) is 37.9 Å². The standard InChI is InChI=1S/C18H32I2O9/c1-22-12-9(8-21)10(6-19)27-17(15(12)25-4)29-18-16(26-5)14(24-3)13(23-2)11(7-20)28-18/h9-18,21H,6-8H2,1-5H3/t9-,10-,11-,12+,13-,14+,15-,16-,17-,18-/m1/s1. The monoisotopic (exact) mass is 646 g/mol. The third kappa shape index (κ3) is 5.72. The van der Waals surface area contributed by atoms with Crippen molar-refractivity contribution in [3.05, 3.63) is 0 Å². The highest BCUT2D eigenvalue weighted by atomic mass is 127. The molecule has 2 fully saturated rings. The number of hydrogen-bond acceptors (Lipinski definition) is 9. The van der Waals surface area contributed by atoms with E-state index in [-0.39, 0.29) is 36.9 Å². The molecule has 2 aliphatic heterocycles. The maximum absolute atomic E-state index is 9.85. The van der Waals surface area contributed by atoms with Crippen molar-refractivity contribution in [2.75, 3.05) is 51.0 Å². The van der Waals surface area contributed by atoms with Gasteiger partial charge in [0.25, 0.3) is 0 Å². The molecule has 0 bridgehead atoms. The van der Waals surface area contributed by atoms with E-state index >= 15 is 0 Å². The van der Waals surface area contributed by atoms with E-state index in [2.05, 4.69) is 45.2 Å². The molecule has 0 aromatic heterocycles. The molecule has 0 spiro atoms. The van der Waals surface area contributed by atoms with Gasteiger partial charge in [-0.2, -0.15) is 0 Å². The highest BCUT2D eigenvalue weighted by Crippen LogP contribution is 2.35. The second kappa shape index (κ2) is 13.0. The van der Waals surface area contributed by atoms with Crippen LogP contribution in [0.25, 0.3) is 0 Å². The van der Waals surface area contributed by atoms with Crippen LogP contribution in [0.3, 0.4) is 0 Å². The largest absolute Gasteiger partial charge is 0.396 e. The molecule has 0 saturated carbocycles. The summed E-state index contributed by atoms with van der Waals surface area (Å²) in [5.74, 6) is -0.223. The Labute approximate surface area is 199 Å². The molecule has 1 N–H and O–H groups in total. The maximum atomic E-state index is 9.85. The van der Waals surface area contributed by atoms with Crippen LogP contribution in [0.15, 0.2) is 0 Å². The summed E-state index contributed by atoms with van der Waals surface area (Å²) in [6.07, 6.45) is -4.14. The molecule has 29 heavy (non-hydrogen) atoms. The van der Waals surface area contributed by atoms with Gasteiger partial charge in [0.15, 0.2) is 12.6 Å². The summed E-state index contributed by atoms with van der Waals surface area (Å²) in [5, 5.41) is 9.85. The second-order valence-electron chi connectivity index (χ2n) is 6.88. The molecule has 2 saturated heterocycles. The molecule has 2 rings (SSSR count). The summed E-state index contributed by atoms with van der Waals surface area (Å²) in [6.45, 7) is -0.0719. The summed E-state index contributed by atoms with van der Waals surface area (Å²) in [6, 6.07) is 0. The Balaban J connectivity index is 2.26. The van der Waals surface area contributed by atoms with E-state index in [9.17, 15) is 5.11 Å². The number of methoxy groups -OCH3 is 5. The summed E-state index contributed by atoms with van der Waals surface area (Å²) < 4.78 is 48.2. The summed E-state index contributed by atoms with van der Waals surface area (Å²) in [5.41, 5.74) is 0. The van der Waals surface area contributed by atoms with Gasteiger partial charge in [-0.1, -0.05) is 45.2 Å². The molecule has 0 radical (unpaired) electrons. The van der Waals surface area contributed by atoms with E-state index < -0.39 is 30.9 Å². The number of aliphatic hydroxyl groups excluding tert-OH is 1. The highest BCUT2D eigenvalue weighted by molar-refractivity contribution is 14.1. The lowest BCUT2D eigenvalue weighted by atomic mass is 9.90. The quantitative estimate of drug-likeness (QED) is 0.276. The first kappa shape index (κ1) is 26.4. The minimum absolute atomic E-state index is 0.0719. The molecular formula is C18H32I2O9. The lowest BCUT2D eigenvalue weighted by Gasteiger charge is -2.48. The van der Waals surface area contributed by atoms with Crippen molar-refractivity contribution in [3.8, 4) is 0 Å². The number of rotatable bonds is 10. The second-order valence-corrected chi connectivity index (χ2v) is 8.64. The molecule has 2 heterocycles. The van der Waals surface area contributed by atoms with Crippen LogP contribution in [0.5, 0.6) is 0 Å². The Morgan fingerprint density at radius 3 is 1.52 bits per heavy atom. The maximum Gasteiger partial charge on any atom is 0.190 e. The Kier molecular flexibility index (Phi) is 11.8. The Bertz CT molecular complexity index is 435. The number of aliphatic hydroxyl groups is 1. The Morgan fingerprint density at radius 2 is 1.10 bits per heavy atom. The lowest BCUT2D eigenvalue weighted by molar-refractivity contribution is -0.374. The normalized spacial score (nSPS) is 43.4. The average Bonchev–Trinajstić information content (AvgIpc) is 2.76. The Hall–Kier alpha value is 1.10. The van der Waals surface area contributed by atoms with Crippen molar-refractivity contribution < 1.29 is 43.0 Å². The molecule has 11 heteroatoms. The molecule has 10 atom stereocenters. The van der Waals surface area contributed by atoms with E-state index in [1.54, 1.807) is 35.5 Å². The molecule has 0 unspecified atom stereocenters. The topological polar surface area (TPSA) is 94.1 Å². The summed E-state index contributed by atoms with van der Waals surface area (Å²) >= 11 is 4.48. The van der Waals surface area contributed by atoms with Gasteiger partial charge >= 0.3 is 0 Å². The molecule has 0 aromatic carbocycles. The van der Waals surface area contributed by atoms with Crippen LogP contribution in [0, 0.1) is 5.92 Å². The number of halogens is 2. The molecule has 172 valence electrons. The van der Waals surface area contributed by atoms with Crippen LogP contribution in [-0.4, -0.2) is 111 Å². The van der Waals surface area contributed by atoms with Crippen LogP contribution in [0.4, 0.5) is 0 Å². The first-order chi connectivity index (χ1) is 14.0. The minimum Gasteiger partial charge on any atom is -0.396 e. The van der Waals surface area contributed by atoms with Crippen molar-refractivity contribution in [3.63, 3.8) is 0 Å². The molecule has 9 nitrogen and oxygen atoms in total. The predicted octanol–water partition coefficient (Wildman–Crippen LogP) is 1.01. The number of ether oxygens (including phenoxy) is 8. The molecular weight excluding hydrogens is 614 g/mol. The van der Waals surface area contributed by atoms with Crippen molar-refractivity contribution in [2.24, 2.45) is 5.92 Å². The average molecular weight is 646 g/mol. The fraction of sp³-hybridized carbons (Fsp3) is 1.00. The fourth-order valence-corrected chi connectivity index (χ4v) is 5.61.